The van der Waals surface area contributed by atoms with E-state index in [1.807, 2.05) is 41.3 Å². The Morgan fingerprint density at radius 3 is 2.56 bits per heavy atom. The molecule has 0 amide bonds. The van der Waals surface area contributed by atoms with Crippen LogP contribution in [0.4, 0.5) is 10.1 Å². The van der Waals surface area contributed by atoms with Crippen molar-refractivity contribution in [2.75, 3.05) is 16.4 Å². The average molecular weight is 376 g/mol. The smallest absolute Gasteiger partial charge is 0.164 e. The Labute approximate surface area is 150 Å². The largest absolute Gasteiger partial charge is 0.315 e. The highest BCUT2D eigenvalue weighted by Crippen LogP contribution is 2.35. The number of rotatable bonds is 3. The summed E-state index contributed by atoms with van der Waals surface area (Å²) in [5, 5.41) is 0.763. The van der Waals surface area contributed by atoms with Gasteiger partial charge in [-0.05, 0) is 23.8 Å². The lowest BCUT2D eigenvalue weighted by Gasteiger charge is -2.26. The first-order valence-electron chi connectivity index (χ1n) is 8.02. The normalized spacial score (nSPS) is 24.2. The second-order valence-corrected chi connectivity index (χ2v) is 9.31. The second-order valence-electron chi connectivity index (χ2n) is 6.21. The Bertz CT molecular complexity index is 916. The van der Waals surface area contributed by atoms with Crippen molar-refractivity contribution in [2.24, 2.45) is 4.99 Å². The molecule has 25 heavy (non-hydrogen) atoms. The zero-order valence-electron chi connectivity index (χ0n) is 13.4. The molecular formula is C18H17FN2O2S2. The van der Waals surface area contributed by atoms with Crippen molar-refractivity contribution >= 4 is 32.5 Å². The minimum Gasteiger partial charge on any atom is -0.315 e. The summed E-state index contributed by atoms with van der Waals surface area (Å²) in [4.78, 5) is 6.65. The van der Waals surface area contributed by atoms with Crippen LogP contribution in [0.25, 0.3) is 0 Å². The summed E-state index contributed by atoms with van der Waals surface area (Å²) in [6.45, 7) is 0. The quantitative estimate of drug-likeness (QED) is 0.826. The molecule has 0 bridgehead atoms. The molecule has 2 aromatic carbocycles. The Balaban J connectivity index is 1.62. The zero-order chi connectivity index (χ0) is 17.4. The molecule has 2 heterocycles. The summed E-state index contributed by atoms with van der Waals surface area (Å²) < 4.78 is 37.9. The number of aliphatic imine (C=N–C) groups is 1. The fourth-order valence-electron chi connectivity index (χ4n) is 3.28. The number of halogens is 1. The van der Waals surface area contributed by atoms with Crippen molar-refractivity contribution in [3.05, 3.63) is 66.0 Å². The molecule has 1 fully saturated rings. The van der Waals surface area contributed by atoms with Gasteiger partial charge in [0.2, 0.25) is 0 Å². The highest BCUT2D eigenvalue weighted by atomic mass is 32.2. The predicted octanol–water partition coefficient (Wildman–Crippen LogP) is 3.10. The van der Waals surface area contributed by atoms with Crippen LogP contribution in [-0.2, 0) is 15.6 Å². The Morgan fingerprint density at radius 2 is 1.80 bits per heavy atom. The predicted molar refractivity (Wildman–Crippen MR) is 100 cm³/mol. The van der Waals surface area contributed by atoms with Gasteiger partial charge in [-0.1, -0.05) is 48.2 Å². The molecule has 2 aliphatic rings. The second kappa shape index (κ2) is 6.46. The third-order valence-electron chi connectivity index (χ3n) is 4.46. The average Bonchev–Trinajstić information content (AvgIpc) is 3.06. The number of fused-ring (bicyclic) bond motifs is 1. The number of amidine groups is 1. The van der Waals surface area contributed by atoms with Crippen molar-refractivity contribution < 1.29 is 12.8 Å². The number of benzene rings is 2. The van der Waals surface area contributed by atoms with Crippen molar-refractivity contribution in [1.29, 1.82) is 0 Å². The zero-order valence-corrected chi connectivity index (χ0v) is 15.0. The van der Waals surface area contributed by atoms with Crippen molar-refractivity contribution in [3.8, 4) is 0 Å². The van der Waals surface area contributed by atoms with Gasteiger partial charge < -0.3 is 4.90 Å². The standard InChI is InChI=1S/C18H17FN2O2S2/c19-15-9-5-4-6-13(15)10-24-18-20-16-11-25(22,23)12-17(16)21(18)14-7-2-1-3-8-14/h1-9,16-17H,10-12H2/t16-,17+/m1/s1. The molecule has 130 valence electrons. The first-order valence-corrected chi connectivity index (χ1v) is 10.8. The van der Waals surface area contributed by atoms with Crippen LogP contribution in [0.2, 0.25) is 0 Å². The SMILES string of the molecule is O=S1(=O)C[C@H]2N=C(SCc3ccccc3F)N(c3ccccc3)[C@H]2C1. The third-order valence-corrected chi connectivity index (χ3v) is 7.17. The molecule has 4 rings (SSSR count). The van der Waals surface area contributed by atoms with Gasteiger partial charge in [0.15, 0.2) is 15.0 Å². The monoisotopic (exact) mass is 376 g/mol. The summed E-state index contributed by atoms with van der Waals surface area (Å²) >= 11 is 1.45. The van der Waals surface area contributed by atoms with Gasteiger partial charge in [0.05, 0.1) is 23.6 Å². The Hall–Kier alpha value is -1.86. The van der Waals surface area contributed by atoms with Gasteiger partial charge in [-0.2, -0.15) is 0 Å². The maximum absolute atomic E-state index is 13.9. The molecule has 0 unspecified atom stereocenters. The lowest BCUT2D eigenvalue weighted by Crippen LogP contribution is -2.39. The molecule has 0 aromatic heterocycles. The molecule has 0 N–H and O–H groups in total. The van der Waals surface area contributed by atoms with E-state index in [0.29, 0.717) is 11.3 Å². The lowest BCUT2D eigenvalue weighted by molar-refractivity contribution is 0.601. The van der Waals surface area contributed by atoms with E-state index in [4.69, 9.17) is 0 Å². The molecule has 0 aliphatic carbocycles. The van der Waals surface area contributed by atoms with Gasteiger partial charge >= 0.3 is 0 Å². The van der Waals surface area contributed by atoms with E-state index < -0.39 is 9.84 Å². The van der Waals surface area contributed by atoms with E-state index in [2.05, 4.69) is 4.99 Å². The van der Waals surface area contributed by atoms with Gasteiger partial charge in [-0.3, -0.25) is 4.99 Å². The van der Waals surface area contributed by atoms with Crippen LogP contribution in [0.1, 0.15) is 5.56 Å². The molecule has 7 heteroatoms. The third kappa shape index (κ3) is 3.30. The van der Waals surface area contributed by atoms with Crippen molar-refractivity contribution in [2.45, 2.75) is 17.8 Å². The van der Waals surface area contributed by atoms with Gasteiger partial charge in [-0.15, -0.1) is 0 Å². The summed E-state index contributed by atoms with van der Waals surface area (Å²) in [7, 11) is -3.06. The maximum atomic E-state index is 13.9. The Morgan fingerprint density at radius 1 is 1.08 bits per heavy atom. The summed E-state index contributed by atoms with van der Waals surface area (Å²) in [6, 6.07) is 15.9. The molecular weight excluding hydrogens is 359 g/mol. The minimum atomic E-state index is -3.06. The van der Waals surface area contributed by atoms with E-state index in [9.17, 15) is 12.8 Å². The van der Waals surface area contributed by atoms with Gasteiger partial charge in [0.1, 0.15) is 5.82 Å². The number of thioether (sulfide) groups is 1. The molecule has 0 saturated carbocycles. The highest BCUT2D eigenvalue weighted by molar-refractivity contribution is 8.13. The number of sulfone groups is 1. The fraction of sp³-hybridized carbons (Fsp3) is 0.278. The first-order chi connectivity index (χ1) is 12.0. The van der Waals surface area contributed by atoms with E-state index >= 15 is 0 Å². The first kappa shape index (κ1) is 16.6. The van der Waals surface area contributed by atoms with Crippen LogP contribution in [0.5, 0.6) is 0 Å². The highest BCUT2D eigenvalue weighted by Gasteiger charge is 2.47. The number of hydrogen-bond donors (Lipinski definition) is 0. The van der Waals surface area contributed by atoms with Crippen LogP contribution in [0.3, 0.4) is 0 Å². The molecule has 1 saturated heterocycles. The molecule has 0 radical (unpaired) electrons. The van der Waals surface area contributed by atoms with Crippen molar-refractivity contribution in [3.63, 3.8) is 0 Å². The number of nitrogens with zero attached hydrogens (tertiary/aromatic N) is 2. The van der Waals surface area contributed by atoms with Crippen LogP contribution in [0, 0.1) is 5.82 Å². The van der Waals surface area contributed by atoms with Crippen LogP contribution < -0.4 is 4.90 Å². The summed E-state index contributed by atoms with van der Waals surface area (Å²) in [6.07, 6.45) is 0. The molecule has 2 aliphatic heterocycles. The number of anilines is 1. The van der Waals surface area contributed by atoms with Gasteiger partial charge in [0, 0.05) is 11.4 Å². The van der Waals surface area contributed by atoms with E-state index in [-0.39, 0.29) is 29.4 Å². The fourth-order valence-corrected chi connectivity index (χ4v) is 6.23. The van der Waals surface area contributed by atoms with Crippen molar-refractivity contribution in [1.82, 2.24) is 0 Å². The molecule has 2 aromatic rings. The van der Waals surface area contributed by atoms with E-state index in [1.54, 1.807) is 12.1 Å². The van der Waals surface area contributed by atoms with Crippen LogP contribution in [0.15, 0.2) is 59.6 Å². The van der Waals surface area contributed by atoms with Crippen LogP contribution in [-0.4, -0.2) is 37.2 Å². The maximum Gasteiger partial charge on any atom is 0.164 e. The number of hydrogen-bond acceptors (Lipinski definition) is 5. The van der Waals surface area contributed by atoms with Gasteiger partial charge in [0.25, 0.3) is 0 Å². The molecule has 2 atom stereocenters. The minimum absolute atomic E-state index is 0.0881. The van der Waals surface area contributed by atoms with E-state index in [1.165, 1.54) is 17.8 Å². The molecule has 4 nitrogen and oxygen atoms in total. The summed E-state index contributed by atoms with van der Waals surface area (Å²) in [5.41, 5.74) is 1.54. The van der Waals surface area contributed by atoms with Crippen LogP contribution >= 0.6 is 11.8 Å². The molecule has 0 spiro atoms. The summed E-state index contributed by atoms with van der Waals surface area (Å²) in [5.74, 6) is 0.425. The topological polar surface area (TPSA) is 49.7 Å². The Kier molecular flexibility index (Phi) is 4.29. The van der Waals surface area contributed by atoms with E-state index in [0.717, 1.165) is 10.9 Å². The lowest BCUT2D eigenvalue weighted by atomic mass is 10.1. The van der Waals surface area contributed by atoms with Gasteiger partial charge in [-0.25, -0.2) is 12.8 Å². The number of para-hydroxylation sites is 1.